The number of amides is 2. The fourth-order valence-corrected chi connectivity index (χ4v) is 5.83. The third-order valence-electron chi connectivity index (χ3n) is 8.76. The van der Waals surface area contributed by atoms with Gasteiger partial charge in [-0.05, 0) is 61.2 Å². The van der Waals surface area contributed by atoms with Crippen LogP contribution in [-0.4, -0.2) is 48.6 Å². The van der Waals surface area contributed by atoms with Crippen molar-refractivity contribution in [2.24, 2.45) is 17.3 Å². The first-order valence-electron chi connectivity index (χ1n) is 13.8. The Labute approximate surface area is 232 Å². The number of nitrogens with one attached hydrogen (secondary N) is 2. The molecule has 3 atom stereocenters. The lowest BCUT2D eigenvalue weighted by Gasteiger charge is -2.33. The molecule has 3 aliphatic rings. The molecule has 2 N–H and O–H groups in total. The first-order chi connectivity index (χ1) is 19.3. The van der Waals surface area contributed by atoms with E-state index in [1.807, 2.05) is 0 Å². The first-order valence-corrected chi connectivity index (χ1v) is 13.8. The normalized spacial score (nSPS) is 25.0. The number of imidazole rings is 1. The SMILES string of the molecule is Cc1nonc1C(=O)N[C@H](c1cn2ncc([C@H](NC(=O)C[C@@]3(C)CC3(F)F)C3CC3)cc2n1)C1CCC(F)(F)CC1. The molecule has 41 heavy (non-hydrogen) atoms. The number of halogens is 4. The Morgan fingerprint density at radius 1 is 1.07 bits per heavy atom. The number of aromatic nitrogens is 5. The number of hydrogen-bond donors (Lipinski definition) is 2. The molecule has 2 amide bonds. The Bertz CT molecular complexity index is 1480. The second kappa shape index (κ2) is 9.76. The molecule has 0 aromatic carbocycles. The van der Waals surface area contributed by atoms with Gasteiger partial charge in [0.05, 0.1) is 30.2 Å². The molecule has 0 unspecified atom stereocenters. The van der Waals surface area contributed by atoms with Gasteiger partial charge in [0.15, 0.2) is 11.3 Å². The lowest BCUT2D eigenvalue weighted by atomic mass is 9.81. The van der Waals surface area contributed by atoms with E-state index in [0.717, 1.165) is 12.8 Å². The zero-order valence-corrected chi connectivity index (χ0v) is 22.7. The zero-order valence-electron chi connectivity index (χ0n) is 22.7. The fourth-order valence-electron chi connectivity index (χ4n) is 5.83. The maximum Gasteiger partial charge on any atom is 0.276 e. The summed E-state index contributed by atoms with van der Waals surface area (Å²) in [5, 5.41) is 17.6. The lowest BCUT2D eigenvalue weighted by Crippen LogP contribution is -2.37. The molecule has 3 fully saturated rings. The molecular formula is C27H31F4N7O3. The smallest absolute Gasteiger partial charge is 0.276 e. The van der Waals surface area contributed by atoms with Crippen LogP contribution >= 0.6 is 0 Å². The molecule has 3 aromatic rings. The maximum absolute atomic E-state index is 13.9. The monoisotopic (exact) mass is 577 g/mol. The predicted octanol–water partition coefficient (Wildman–Crippen LogP) is 4.72. The fraction of sp³-hybridized carbons (Fsp3) is 0.630. The van der Waals surface area contributed by atoms with Gasteiger partial charge in [0.25, 0.3) is 11.8 Å². The van der Waals surface area contributed by atoms with E-state index in [9.17, 15) is 27.2 Å². The maximum atomic E-state index is 13.9. The molecule has 0 aliphatic heterocycles. The number of hydrogen-bond acceptors (Lipinski definition) is 7. The molecule has 0 spiro atoms. The summed E-state index contributed by atoms with van der Waals surface area (Å²) in [6, 6.07) is 0.682. The van der Waals surface area contributed by atoms with Gasteiger partial charge in [0.1, 0.15) is 5.69 Å². The van der Waals surface area contributed by atoms with Crippen molar-refractivity contribution in [1.82, 2.24) is 35.5 Å². The Hall–Kier alpha value is -3.58. The van der Waals surface area contributed by atoms with E-state index in [2.05, 4.69) is 30.7 Å². The Balaban J connectivity index is 1.25. The molecule has 6 rings (SSSR count). The summed E-state index contributed by atoms with van der Waals surface area (Å²) in [5.74, 6) is -6.69. The molecule has 3 heterocycles. The van der Waals surface area contributed by atoms with Crippen LogP contribution in [0.2, 0.25) is 0 Å². The van der Waals surface area contributed by atoms with Crippen molar-refractivity contribution >= 4 is 17.5 Å². The minimum atomic E-state index is -2.82. The number of nitrogens with zero attached hydrogens (tertiary/aromatic N) is 5. The summed E-state index contributed by atoms with van der Waals surface area (Å²) in [6.07, 6.45) is 4.27. The predicted molar refractivity (Wildman–Crippen MR) is 135 cm³/mol. The molecule has 3 saturated carbocycles. The summed E-state index contributed by atoms with van der Waals surface area (Å²) in [4.78, 5) is 30.4. The Morgan fingerprint density at radius 3 is 2.37 bits per heavy atom. The van der Waals surface area contributed by atoms with Crippen molar-refractivity contribution in [2.45, 2.75) is 89.1 Å². The van der Waals surface area contributed by atoms with Gasteiger partial charge in [-0.2, -0.15) is 5.10 Å². The summed E-state index contributed by atoms with van der Waals surface area (Å²) in [5.41, 5.74) is 0.571. The van der Waals surface area contributed by atoms with Crippen LogP contribution in [0.5, 0.6) is 0 Å². The summed E-state index contributed by atoms with van der Waals surface area (Å²) >= 11 is 0. The number of fused-ring (bicyclic) bond motifs is 1. The number of carbonyl (C=O) groups is 2. The molecule has 0 saturated heterocycles. The summed E-state index contributed by atoms with van der Waals surface area (Å²) in [6.45, 7) is 2.99. The highest BCUT2D eigenvalue weighted by Crippen LogP contribution is 2.62. The van der Waals surface area contributed by atoms with Crippen molar-refractivity contribution in [1.29, 1.82) is 0 Å². The van der Waals surface area contributed by atoms with Gasteiger partial charge in [-0.15, -0.1) is 0 Å². The van der Waals surface area contributed by atoms with Gasteiger partial charge in [-0.3, -0.25) is 9.59 Å². The van der Waals surface area contributed by atoms with E-state index in [4.69, 9.17) is 4.98 Å². The summed E-state index contributed by atoms with van der Waals surface area (Å²) in [7, 11) is 0. The molecule has 220 valence electrons. The molecule has 0 radical (unpaired) electrons. The molecule has 3 aromatic heterocycles. The number of rotatable bonds is 9. The van der Waals surface area contributed by atoms with Crippen LogP contribution in [0.4, 0.5) is 17.6 Å². The highest BCUT2D eigenvalue weighted by Gasteiger charge is 2.68. The summed E-state index contributed by atoms with van der Waals surface area (Å²) < 4.78 is 61.4. The highest BCUT2D eigenvalue weighted by molar-refractivity contribution is 5.93. The molecule has 14 heteroatoms. The van der Waals surface area contributed by atoms with E-state index < -0.39 is 41.2 Å². The van der Waals surface area contributed by atoms with Gasteiger partial charge in [-0.1, -0.05) is 12.1 Å². The van der Waals surface area contributed by atoms with E-state index in [1.165, 1.54) is 11.4 Å². The third kappa shape index (κ3) is 5.52. The van der Waals surface area contributed by atoms with E-state index >= 15 is 0 Å². The van der Waals surface area contributed by atoms with Gasteiger partial charge in [-0.25, -0.2) is 31.7 Å². The van der Waals surface area contributed by atoms with Gasteiger partial charge in [0, 0.05) is 31.1 Å². The van der Waals surface area contributed by atoms with Gasteiger partial charge in [0.2, 0.25) is 11.8 Å². The number of aryl methyl sites for hydroxylation is 1. The van der Waals surface area contributed by atoms with Crippen LogP contribution in [-0.2, 0) is 4.79 Å². The zero-order chi connectivity index (χ0) is 29.2. The van der Waals surface area contributed by atoms with Crippen LogP contribution in [0, 0.1) is 24.2 Å². The lowest BCUT2D eigenvalue weighted by molar-refractivity contribution is -0.124. The van der Waals surface area contributed by atoms with Crippen LogP contribution < -0.4 is 10.6 Å². The average Bonchev–Trinajstić information content (AvgIpc) is 3.68. The average molecular weight is 578 g/mol. The number of carbonyl (C=O) groups excluding carboxylic acids is 2. The molecule has 0 bridgehead atoms. The van der Waals surface area contributed by atoms with Crippen molar-refractivity contribution < 1.29 is 31.8 Å². The first kappa shape index (κ1) is 27.6. The quantitative estimate of drug-likeness (QED) is 0.352. The van der Waals surface area contributed by atoms with Crippen LogP contribution in [0.15, 0.2) is 23.1 Å². The topological polar surface area (TPSA) is 127 Å². The van der Waals surface area contributed by atoms with Crippen molar-refractivity contribution in [3.63, 3.8) is 0 Å². The second-order valence-electron chi connectivity index (χ2n) is 12.1. The van der Waals surface area contributed by atoms with Crippen molar-refractivity contribution in [3.05, 3.63) is 41.1 Å². The van der Waals surface area contributed by atoms with Crippen molar-refractivity contribution in [3.8, 4) is 0 Å². The van der Waals surface area contributed by atoms with E-state index in [0.29, 0.717) is 22.6 Å². The minimum Gasteiger partial charge on any atom is -0.349 e. The molecular weight excluding hydrogens is 546 g/mol. The molecule has 10 nitrogen and oxygen atoms in total. The van der Waals surface area contributed by atoms with Crippen LogP contribution in [0.25, 0.3) is 5.65 Å². The van der Waals surface area contributed by atoms with E-state index in [-0.39, 0.29) is 56.1 Å². The van der Waals surface area contributed by atoms with Crippen LogP contribution in [0.3, 0.4) is 0 Å². The second-order valence-corrected chi connectivity index (χ2v) is 12.1. The van der Waals surface area contributed by atoms with E-state index in [1.54, 1.807) is 25.4 Å². The minimum absolute atomic E-state index is 0.00107. The standard InChI is InChI=1S/C27H31F4N7O3/c1-14-21(37-41-36-14)24(40)35-23(16-5-7-26(28,29)8-6-16)18-12-38-19(33-18)9-17(11-32-38)22(15-3-4-15)34-20(39)10-25(2)13-27(25,30)31/h9,11-12,15-16,22-23H,3-8,10,13H2,1-2H3,(H,34,39)(H,35,40)/t22-,23+,25+/m1/s1. The highest BCUT2D eigenvalue weighted by atomic mass is 19.3. The third-order valence-corrected chi connectivity index (χ3v) is 8.76. The van der Waals surface area contributed by atoms with Gasteiger partial charge < -0.3 is 10.6 Å². The number of alkyl halides is 4. The molecule has 3 aliphatic carbocycles. The van der Waals surface area contributed by atoms with Crippen molar-refractivity contribution in [2.75, 3.05) is 0 Å². The Kier molecular flexibility index (Phi) is 6.57. The van der Waals surface area contributed by atoms with Crippen LogP contribution in [0.1, 0.15) is 97.8 Å². The Morgan fingerprint density at radius 2 is 1.76 bits per heavy atom. The largest absolute Gasteiger partial charge is 0.349 e. The van der Waals surface area contributed by atoms with Gasteiger partial charge >= 0.3 is 0 Å².